The molecule has 2 bridgehead atoms. The summed E-state index contributed by atoms with van der Waals surface area (Å²) in [6.45, 7) is 1.36. The number of anilines is 3. The van der Waals surface area contributed by atoms with Crippen LogP contribution in [-0.2, 0) is 0 Å². The normalized spacial score (nSPS) is 18.3. The molecule has 0 spiro atoms. The molecule has 4 N–H and O–H groups in total. The minimum atomic E-state index is -4.61. The molecule has 0 saturated carbocycles. The van der Waals surface area contributed by atoms with Crippen LogP contribution in [0.3, 0.4) is 0 Å². The summed E-state index contributed by atoms with van der Waals surface area (Å²) in [6.07, 6.45) is -2.50. The first-order valence-electron chi connectivity index (χ1n) is 11.0. The molecule has 194 valence electrons. The van der Waals surface area contributed by atoms with E-state index in [1.54, 1.807) is 6.07 Å². The van der Waals surface area contributed by atoms with Crippen LogP contribution < -0.4 is 25.2 Å². The fourth-order valence-corrected chi connectivity index (χ4v) is 3.81. The summed E-state index contributed by atoms with van der Waals surface area (Å²) in [5.41, 5.74) is 0.319. The molecule has 0 radical (unpaired) electrons. The van der Waals surface area contributed by atoms with Gasteiger partial charge in [0.05, 0.1) is 30.7 Å². The number of nitrogens with zero attached hydrogens (tertiary/aromatic N) is 5. The van der Waals surface area contributed by atoms with Gasteiger partial charge in [-0.2, -0.15) is 13.2 Å². The Kier molecular flexibility index (Phi) is 7.12. The fourth-order valence-electron chi connectivity index (χ4n) is 3.81. The van der Waals surface area contributed by atoms with Crippen molar-refractivity contribution in [2.45, 2.75) is 37.7 Å². The number of hydrogen-bond donors (Lipinski definition) is 4. The van der Waals surface area contributed by atoms with E-state index in [2.05, 4.69) is 20.3 Å². The Hall–Kier alpha value is -3.72. The van der Waals surface area contributed by atoms with E-state index in [9.17, 15) is 27.9 Å². The molecule has 12 nitrogen and oxygen atoms in total. The van der Waals surface area contributed by atoms with E-state index in [-0.39, 0.29) is 35.9 Å². The van der Waals surface area contributed by atoms with Gasteiger partial charge in [0.2, 0.25) is 5.95 Å². The van der Waals surface area contributed by atoms with E-state index in [1.165, 1.54) is 23.4 Å². The number of hydrogen-bond acceptors (Lipinski definition) is 9. The number of rotatable bonds is 7. The summed E-state index contributed by atoms with van der Waals surface area (Å²) in [5.74, 6) is -0.710. The van der Waals surface area contributed by atoms with Crippen LogP contribution in [0, 0.1) is 0 Å². The molecule has 0 aromatic carbocycles. The topological polar surface area (TPSA) is 153 Å². The van der Waals surface area contributed by atoms with E-state index in [0.717, 1.165) is 6.92 Å². The average Bonchev–Trinajstić information content (AvgIpc) is 3.26. The molecule has 4 heterocycles. The second-order valence-corrected chi connectivity index (χ2v) is 8.35. The Morgan fingerprint density at radius 2 is 2.00 bits per heavy atom. The lowest BCUT2D eigenvalue weighted by Gasteiger charge is -2.35. The predicted molar refractivity (Wildman–Crippen MR) is 120 cm³/mol. The van der Waals surface area contributed by atoms with E-state index in [4.69, 9.17) is 9.84 Å². The second-order valence-electron chi connectivity index (χ2n) is 8.35. The fraction of sp³-hybridized carbons (Fsp3) is 0.476. The molecule has 4 rings (SSSR count). The van der Waals surface area contributed by atoms with Gasteiger partial charge < -0.3 is 25.2 Å². The van der Waals surface area contributed by atoms with Crippen LogP contribution in [0.1, 0.15) is 23.8 Å². The molecule has 1 saturated heterocycles. The molecule has 2 aromatic rings. The number of urea groups is 1. The van der Waals surface area contributed by atoms with E-state index in [1.807, 2.05) is 10.2 Å². The van der Waals surface area contributed by atoms with Gasteiger partial charge in [-0.1, -0.05) is 0 Å². The van der Waals surface area contributed by atoms with Crippen molar-refractivity contribution in [3.05, 3.63) is 30.2 Å². The highest BCUT2D eigenvalue weighted by molar-refractivity contribution is 6.04. The molecule has 2 aliphatic rings. The van der Waals surface area contributed by atoms with Crippen LogP contribution in [0.2, 0.25) is 0 Å². The Morgan fingerprint density at radius 3 is 2.67 bits per heavy atom. The lowest BCUT2D eigenvalue weighted by atomic mass is 10.1. The predicted octanol–water partition coefficient (Wildman–Crippen LogP) is 0.915. The minimum absolute atomic E-state index is 0.0510. The lowest BCUT2D eigenvalue weighted by Crippen LogP contribution is -2.49. The third-order valence-corrected chi connectivity index (χ3v) is 5.74. The first-order chi connectivity index (χ1) is 17.1. The number of alkyl halides is 3. The summed E-state index contributed by atoms with van der Waals surface area (Å²) < 4.78 is 43.8. The highest BCUT2D eigenvalue weighted by Gasteiger charge is 2.41. The van der Waals surface area contributed by atoms with Crippen LogP contribution in [0.4, 0.5) is 35.4 Å². The van der Waals surface area contributed by atoms with Crippen molar-refractivity contribution < 1.29 is 37.7 Å². The zero-order valence-corrected chi connectivity index (χ0v) is 19.1. The Balaban J connectivity index is 1.51. The third-order valence-electron chi connectivity index (χ3n) is 5.74. The van der Waals surface area contributed by atoms with Crippen molar-refractivity contribution in [2.75, 3.05) is 41.4 Å². The van der Waals surface area contributed by atoms with Crippen LogP contribution >= 0.6 is 0 Å². The van der Waals surface area contributed by atoms with Gasteiger partial charge in [-0.25, -0.2) is 19.7 Å². The average molecular weight is 511 g/mol. The summed E-state index contributed by atoms with van der Waals surface area (Å²) >= 11 is 0. The number of ether oxygens (including phenoxy) is 1. The van der Waals surface area contributed by atoms with Gasteiger partial charge in [0.15, 0.2) is 11.6 Å². The molecule has 3 amide bonds. The van der Waals surface area contributed by atoms with Crippen molar-refractivity contribution >= 4 is 29.4 Å². The maximum absolute atomic E-state index is 13.2. The van der Waals surface area contributed by atoms with Gasteiger partial charge in [-0.3, -0.25) is 15.0 Å². The lowest BCUT2D eigenvalue weighted by molar-refractivity contribution is -0.149. The molecule has 15 heteroatoms. The van der Waals surface area contributed by atoms with Crippen molar-refractivity contribution in [3.63, 3.8) is 0 Å². The number of halogens is 3. The smallest absolute Gasteiger partial charge is 0.408 e. The number of aliphatic hydroxyl groups is 2. The molecule has 1 unspecified atom stereocenters. The van der Waals surface area contributed by atoms with Crippen LogP contribution in [-0.4, -0.2) is 87.8 Å². The molecule has 0 aliphatic carbocycles. The molecule has 2 aliphatic heterocycles. The number of fused-ring (bicyclic) bond motifs is 4. The quantitative estimate of drug-likeness (QED) is 0.425. The van der Waals surface area contributed by atoms with E-state index in [0.29, 0.717) is 25.2 Å². The maximum atomic E-state index is 13.2. The van der Waals surface area contributed by atoms with Gasteiger partial charge in [-0.05, 0) is 25.5 Å². The van der Waals surface area contributed by atoms with Crippen molar-refractivity contribution in [2.24, 2.45) is 0 Å². The first kappa shape index (κ1) is 25.4. The zero-order chi connectivity index (χ0) is 26.0. The molecule has 1 fully saturated rings. The zero-order valence-electron chi connectivity index (χ0n) is 19.1. The minimum Gasteiger partial charge on any atom is -0.488 e. The highest BCUT2D eigenvalue weighted by Crippen LogP contribution is 2.39. The number of nitrogens with one attached hydrogen (secondary N) is 2. The number of amides is 3. The van der Waals surface area contributed by atoms with Gasteiger partial charge in [0, 0.05) is 13.1 Å². The van der Waals surface area contributed by atoms with Crippen LogP contribution in [0.5, 0.6) is 5.75 Å². The summed E-state index contributed by atoms with van der Waals surface area (Å²) in [6, 6.07) is -0.0958. The van der Waals surface area contributed by atoms with Crippen molar-refractivity contribution in [3.8, 4) is 5.75 Å². The second kappa shape index (κ2) is 10.1. The number of pyridine rings is 1. The molecular weight excluding hydrogens is 487 g/mol. The van der Waals surface area contributed by atoms with E-state index >= 15 is 0 Å². The monoisotopic (exact) mass is 511 g/mol. The number of aliphatic hydroxyl groups excluding tert-OH is 2. The van der Waals surface area contributed by atoms with Crippen molar-refractivity contribution in [1.29, 1.82) is 0 Å². The molecule has 3 atom stereocenters. The molecule has 2 aromatic heterocycles. The Labute approximate surface area is 203 Å². The Morgan fingerprint density at radius 1 is 1.28 bits per heavy atom. The highest BCUT2D eigenvalue weighted by atomic mass is 19.4. The van der Waals surface area contributed by atoms with Crippen LogP contribution in [0.25, 0.3) is 0 Å². The first-order valence-corrected chi connectivity index (χ1v) is 11.0. The van der Waals surface area contributed by atoms with Gasteiger partial charge in [0.25, 0.3) is 5.91 Å². The summed E-state index contributed by atoms with van der Waals surface area (Å²) in [4.78, 5) is 41.2. The molecule has 36 heavy (non-hydrogen) atoms. The number of carbonyl (C=O) groups excluding carboxylic acids is 2. The largest absolute Gasteiger partial charge is 0.488 e. The third kappa shape index (κ3) is 5.41. The van der Waals surface area contributed by atoms with Crippen LogP contribution in [0.15, 0.2) is 24.5 Å². The Bertz CT molecular complexity index is 1120. The maximum Gasteiger partial charge on any atom is 0.408 e. The SMILES string of the molecule is C[C@@H](NC(=O)c1ccc2c(n1)N(C(=O)Nc1ncc(OC[C@H](O)CO)cn1)C1CCN2C1)C(F)(F)F. The summed E-state index contributed by atoms with van der Waals surface area (Å²) in [7, 11) is 0. The van der Waals surface area contributed by atoms with Crippen molar-refractivity contribution in [1.82, 2.24) is 20.3 Å². The number of aromatic nitrogens is 3. The standard InChI is InChI=1S/C21H24F3N7O5/c1-11(21(22,23)24)27-18(34)15-2-3-16-17(28-15)31(12-4-5-30(16)8-12)20(35)29-19-25-6-14(7-26-19)36-10-13(33)9-32/h2-3,6-7,11-13,32-33H,4-5,8-10H2,1H3,(H,27,34)(H,25,26,29,35)/t11-,12?,13-/m1/s1. The summed E-state index contributed by atoms with van der Waals surface area (Å²) in [5, 5.41) is 22.6. The van der Waals surface area contributed by atoms with Gasteiger partial charge in [0.1, 0.15) is 24.4 Å². The number of carbonyl (C=O) groups is 2. The van der Waals surface area contributed by atoms with E-state index < -0.39 is 36.9 Å². The van der Waals surface area contributed by atoms with Gasteiger partial charge >= 0.3 is 12.2 Å². The van der Waals surface area contributed by atoms with Gasteiger partial charge in [-0.15, -0.1) is 0 Å². The molecular formula is C21H24F3N7O5.